The van der Waals surface area contributed by atoms with E-state index in [1.54, 1.807) is 0 Å². The molecule has 1 unspecified atom stereocenters. The van der Waals surface area contributed by atoms with Crippen LogP contribution in [0.4, 0.5) is 0 Å². The van der Waals surface area contributed by atoms with Gasteiger partial charge in [-0.1, -0.05) is 37.1 Å². The van der Waals surface area contributed by atoms with Crippen molar-refractivity contribution in [3.8, 4) is 0 Å². The summed E-state index contributed by atoms with van der Waals surface area (Å²) in [4.78, 5) is 0. The highest BCUT2D eigenvalue weighted by Crippen LogP contribution is 2.08. The highest BCUT2D eigenvalue weighted by Gasteiger charge is 1.96. The zero-order valence-corrected chi connectivity index (χ0v) is 8.87. The topological polar surface area (TPSA) is 20.2 Å². The zero-order valence-electron chi connectivity index (χ0n) is 8.87. The number of unbranched alkanes of at least 4 members (excludes halogenated alkanes) is 2. The van der Waals surface area contributed by atoms with E-state index in [2.05, 4.69) is 18.2 Å². The van der Waals surface area contributed by atoms with E-state index in [0.717, 1.165) is 19.3 Å². The molecule has 0 heterocycles. The normalized spacial score (nSPS) is 12.7. The van der Waals surface area contributed by atoms with Gasteiger partial charge < -0.3 is 5.11 Å². The van der Waals surface area contributed by atoms with Crippen molar-refractivity contribution in [2.45, 2.75) is 45.1 Å². The van der Waals surface area contributed by atoms with Crippen molar-refractivity contribution in [2.75, 3.05) is 0 Å². The molecule has 1 radical (unpaired) electrons. The first kappa shape index (κ1) is 11.3. The van der Waals surface area contributed by atoms with Crippen LogP contribution in [0, 0.1) is 6.07 Å². The number of aliphatic hydroxyl groups is 1. The molecular weight excluding hydrogens is 172 g/mol. The van der Waals surface area contributed by atoms with Gasteiger partial charge in [0.25, 0.3) is 0 Å². The first-order valence-electron chi connectivity index (χ1n) is 5.42. The molecule has 0 saturated carbocycles. The lowest BCUT2D eigenvalue weighted by molar-refractivity contribution is 0.180. The van der Waals surface area contributed by atoms with Crippen molar-refractivity contribution in [3.63, 3.8) is 0 Å². The second-order valence-electron chi connectivity index (χ2n) is 3.86. The van der Waals surface area contributed by atoms with E-state index in [1.807, 2.05) is 19.1 Å². The van der Waals surface area contributed by atoms with Gasteiger partial charge in [-0.2, -0.15) is 0 Å². The lowest BCUT2D eigenvalue weighted by Gasteiger charge is -2.03. The number of hydrogen-bond donors (Lipinski definition) is 1. The van der Waals surface area contributed by atoms with E-state index in [-0.39, 0.29) is 6.10 Å². The van der Waals surface area contributed by atoms with Crippen LogP contribution >= 0.6 is 0 Å². The summed E-state index contributed by atoms with van der Waals surface area (Å²) in [5.41, 5.74) is 1.39. The van der Waals surface area contributed by atoms with Crippen LogP contribution in [0.3, 0.4) is 0 Å². The van der Waals surface area contributed by atoms with E-state index in [1.165, 1.54) is 18.4 Å². The maximum Gasteiger partial charge on any atom is 0.0512 e. The van der Waals surface area contributed by atoms with Crippen molar-refractivity contribution in [3.05, 3.63) is 35.9 Å². The summed E-state index contributed by atoms with van der Waals surface area (Å²) >= 11 is 0. The quantitative estimate of drug-likeness (QED) is 0.685. The molecule has 0 fully saturated rings. The van der Waals surface area contributed by atoms with Crippen LogP contribution in [0.1, 0.15) is 38.2 Å². The van der Waals surface area contributed by atoms with Crippen molar-refractivity contribution >= 4 is 0 Å². The maximum atomic E-state index is 9.06. The van der Waals surface area contributed by atoms with E-state index in [0.29, 0.717) is 0 Å². The van der Waals surface area contributed by atoms with Crippen LogP contribution < -0.4 is 0 Å². The van der Waals surface area contributed by atoms with Crippen LogP contribution in [0.5, 0.6) is 0 Å². The molecule has 1 atom stereocenters. The molecule has 0 amide bonds. The van der Waals surface area contributed by atoms with Crippen molar-refractivity contribution < 1.29 is 5.11 Å². The predicted octanol–water partition coefficient (Wildman–Crippen LogP) is 2.97. The van der Waals surface area contributed by atoms with E-state index in [9.17, 15) is 0 Å². The Morgan fingerprint density at radius 3 is 2.57 bits per heavy atom. The summed E-state index contributed by atoms with van der Waals surface area (Å²) in [7, 11) is 0. The summed E-state index contributed by atoms with van der Waals surface area (Å²) in [6.07, 6.45) is 5.51. The molecule has 77 valence electrons. The van der Waals surface area contributed by atoms with Gasteiger partial charge in [0.15, 0.2) is 0 Å². The molecule has 0 aromatic heterocycles. The lowest BCUT2D eigenvalue weighted by Crippen LogP contribution is -1.98. The average molecular weight is 191 g/mol. The van der Waals surface area contributed by atoms with Gasteiger partial charge >= 0.3 is 0 Å². The number of hydrogen-bond acceptors (Lipinski definition) is 1. The molecule has 1 heteroatoms. The molecule has 0 saturated heterocycles. The third kappa shape index (κ3) is 5.03. The molecule has 0 aliphatic heterocycles. The largest absolute Gasteiger partial charge is 0.393 e. The fraction of sp³-hybridized carbons (Fsp3) is 0.538. The molecule has 1 aromatic carbocycles. The Labute approximate surface area is 86.8 Å². The second kappa shape index (κ2) is 6.61. The number of aliphatic hydroxyl groups excluding tert-OH is 1. The number of benzene rings is 1. The second-order valence-corrected chi connectivity index (χ2v) is 3.86. The predicted molar refractivity (Wildman–Crippen MR) is 59.1 cm³/mol. The Hall–Kier alpha value is -0.820. The van der Waals surface area contributed by atoms with Gasteiger partial charge in [0.1, 0.15) is 0 Å². The number of rotatable bonds is 6. The van der Waals surface area contributed by atoms with Crippen molar-refractivity contribution in [2.24, 2.45) is 0 Å². The van der Waals surface area contributed by atoms with Gasteiger partial charge in [-0.15, -0.1) is 0 Å². The number of aryl methyl sites for hydroxylation is 1. The molecule has 0 aliphatic rings. The zero-order chi connectivity index (χ0) is 10.2. The first-order valence-corrected chi connectivity index (χ1v) is 5.42. The molecule has 1 nitrogen and oxygen atoms in total. The molecule has 1 rings (SSSR count). The monoisotopic (exact) mass is 191 g/mol. The Bertz CT molecular complexity index is 228. The van der Waals surface area contributed by atoms with E-state index in [4.69, 9.17) is 5.11 Å². The molecule has 14 heavy (non-hydrogen) atoms. The Balaban J connectivity index is 2.05. The highest BCUT2D eigenvalue weighted by atomic mass is 16.3. The van der Waals surface area contributed by atoms with Gasteiger partial charge in [-0.3, -0.25) is 0 Å². The first-order chi connectivity index (χ1) is 6.79. The lowest BCUT2D eigenvalue weighted by atomic mass is 10.1. The maximum absolute atomic E-state index is 9.06. The summed E-state index contributed by atoms with van der Waals surface area (Å²) < 4.78 is 0. The smallest absolute Gasteiger partial charge is 0.0512 e. The Morgan fingerprint density at radius 2 is 1.93 bits per heavy atom. The van der Waals surface area contributed by atoms with Gasteiger partial charge in [0.05, 0.1) is 6.10 Å². The van der Waals surface area contributed by atoms with Crippen LogP contribution in [-0.4, -0.2) is 11.2 Å². The fourth-order valence-electron chi connectivity index (χ4n) is 1.53. The van der Waals surface area contributed by atoms with Crippen molar-refractivity contribution in [1.29, 1.82) is 0 Å². The minimum Gasteiger partial charge on any atom is -0.393 e. The van der Waals surface area contributed by atoms with Gasteiger partial charge in [-0.05, 0) is 37.8 Å². The third-order valence-corrected chi connectivity index (χ3v) is 2.37. The van der Waals surface area contributed by atoms with Crippen LogP contribution in [0.25, 0.3) is 0 Å². The van der Waals surface area contributed by atoms with Crippen LogP contribution in [0.2, 0.25) is 0 Å². The molecule has 0 spiro atoms. The summed E-state index contributed by atoms with van der Waals surface area (Å²) in [6.45, 7) is 1.85. The van der Waals surface area contributed by atoms with E-state index < -0.39 is 0 Å². The molecule has 0 bridgehead atoms. The minimum absolute atomic E-state index is 0.138. The highest BCUT2D eigenvalue weighted by molar-refractivity contribution is 5.13. The van der Waals surface area contributed by atoms with Crippen molar-refractivity contribution in [1.82, 2.24) is 0 Å². The summed E-state index contributed by atoms with van der Waals surface area (Å²) in [5.74, 6) is 0. The Morgan fingerprint density at radius 1 is 1.21 bits per heavy atom. The summed E-state index contributed by atoms with van der Waals surface area (Å²) in [6, 6.07) is 11.2. The fourth-order valence-corrected chi connectivity index (χ4v) is 1.53. The summed E-state index contributed by atoms with van der Waals surface area (Å²) in [5, 5.41) is 9.06. The van der Waals surface area contributed by atoms with Crippen LogP contribution in [-0.2, 0) is 6.42 Å². The van der Waals surface area contributed by atoms with Gasteiger partial charge in [-0.25, -0.2) is 0 Å². The minimum atomic E-state index is -0.138. The van der Waals surface area contributed by atoms with Gasteiger partial charge in [0, 0.05) is 0 Å². The average Bonchev–Trinajstić information content (AvgIpc) is 2.18. The molecule has 0 aliphatic carbocycles. The third-order valence-electron chi connectivity index (χ3n) is 2.37. The molecular formula is C13H19O. The molecule has 1 aromatic rings. The molecule has 1 N–H and O–H groups in total. The van der Waals surface area contributed by atoms with Crippen LogP contribution in [0.15, 0.2) is 24.3 Å². The SMILES string of the molecule is CC(O)CCCCCc1cc[c]cc1. The Kier molecular flexibility index (Phi) is 5.31. The van der Waals surface area contributed by atoms with E-state index >= 15 is 0 Å². The van der Waals surface area contributed by atoms with Gasteiger partial charge in [0.2, 0.25) is 0 Å². The standard InChI is InChI=1S/C13H19O/c1-12(14)8-4-2-5-9-13-10-6-3-7-11-13/h6-7,10-12,14H,2,4-5,8-9H2,1H3.